The molecule has 2 rings (SSSR count). The maximum Gasteiger partial charge on any atom is 0.320 e. The standard InChI is InChI=1S/C9H12N6O3/c1-5-11-8(18-13-5)4-15-3-6(12-14-15)2-7(10)9(16)17/h3,7H,2,4,10H2,1H3,(H,16,17). The van der Waals surface area contributed by atoms with Crippen molar-refractivity contribution in [1.82, 2.24) is 25.1 Å². The Morgan fingerprint density at radius 1 is 1.67 bits per heavy atom. The number of nitrogens with two attached hydrogens (primary N) is 1. The van der Waals surface area contributed by atoms with E-state index in [-0.39, 0.29) is 13.0 Å². The molecule has 0 saturated carbocycles. The maximum atomic E-state index is 10.6. The van der Waals surface area contributed by atoms with Gasteiger partial charge in [0.15, 0.2) is 5.82 Å². The van der Waals surface area contributed by atoms with Crippen molar-refractivity contribution in [2.75, 3.05) is 0 Å². The molecule has 0 aliphatic rings. The van der Waals surface area contributed by atoms with E-state index in [2.05, 4.69) is 20.5 Å². The van der Waals surface area contributed by atoms with Crippen LogP contribution in [-0.4, -0.2) is 42.3 Å². The first-order valence-corrected chi connectivity index (χ1v) is 5.21. The van der Waals surface area contributed by atoms with E-state index >= 15 is 0 Å². The Morgan fingerprint density at radius 2 is 2.44 bits per heavy atom. The minimum atomic E-state index is -1.07. The highest BCUT2D eigenvalue weighted by Crippen LogP contribution is 2.02. The molecule has 0 radical (unpaired) electrons. The summed E-state index contributed by atoms with van der Waals surface area (Å²) in [6.45, 7) is 2.00. The number of carboxylic acids is 1. The molecule has 0 aromatic carbocycles. The monoisotopic (exact) mass is 252 g/mol. The van der Waals surface area contributed by atoms with E-state index in [1.807, 2.05) is 0 Å². The van der Waals surface area contributed by atoms with Crippen molar-refractivity contribution >= 4 is 5.97 Å². The highest BCUT2D eigenvalue weighted by Gasteiger charge is 2.15. The zero-order valence-electron chi connectivity index (χ0n) is 9.65. The van der Waals surface area contributed by atoms with Gasteiger partial charge in [-0.2, -0.15) is 4.98 Å². The van der Waals surface area contributed by atoms with E-state index in [0.717, 1.165) is 0 Å². The van der Waals surface area contributed by atoms with Crippen LogP contribution in [0, 0.1) is 6.92 Å². The highest BCUT2D eigenvalue weighted by atomic mass is 16.5. The smallest absolute Gasteiger partial charge is 0.320 e. The SMILES string of the molecule is Cc1noc(Cn2cc(CC(N)C(=O)O)nn2)n1. The van der Waals surface area contributed by atoms with E-state index in [1.165, 1.54) is 4.68 Å². The van der Waals surface area contributed by atoms with Crippen molar-refractivity contribution in [3.63, 3.8) is 0 Å². The van der Waals surface area contributed by atoms with Crippen LogP contribution < -0.4 is 5.73 Å². The largest absolute Gasteiger partial charge is 0.480 e. The van der Waals surface area contributed by atoms with Crippen LogP contribution in [0.2, 0.25) is 0 Å². The zero-order valence-corrected chi connectivity index (χ0v) is 9.65. The normalized spacial score (nSPS) is 12.6. The minimum Gasteiger partial charge on any atom is -0.480 e. The van der Waals surface area contributed by atoms with Gasteiger partial charge in [0.05, 0.1) is 5.69 Å². The summed E-state index contributed by atoms with van der Waals surface area (Å²) in [4.78, 5) is 14.6. The fourth-order valence-corrected chi connectivity index (χ4v) is 1.36. The van der Waals surface area contributed by atoms with Crippen LogP contribution >= 0.6 is 0 Å². The summed E-state index contributed by atoms with van der Waals surface area (Å²) in [6, 6.07) is -0.985. The van der Waals surface area contributed by atoms with Gasteiger partial charge in [0.2, 0.25) is 5.89 Å². The summed E-state index contributed by atoms with van der Waals surface area (Å²) >= 11 is 0. The summed E-state index contributed by atoms with van der Waals surface area (Å²) in [6.07, 6.45) is 1.72. The second-order valence-corrected chi connectivity index (χ2v) is 3.79. The summed E-state index contributed by atoms with van der Waals surface area (Å²) in [7, 11) is 0. The molecule has 9 nitrogen and oxygen atoms in total. The summed E-state index contributed by atoms with van der Waals surface area (Å²) in [5.74, 6) is -0.123. The lowest BCUT2D eigenvalue weighted by Gasteiger charge is -2.01. The number of rotatable bonds is 5. The molecular formula is C9H12N6O3. The van der Waals surface area contributed by atoms with Crippen molar-refractivity contribution < 1.29 is 14.4 Å². The third kappa shape index (κ3) is 2.88. The van der Waals surface area contributed by atoms with E-state index in [9.17, 15) is 4.79 Å². The molecule has 0 aliphatic carbocycles. The average Bonchev–Trinajstić information content (AvgIpc) is 2.89. The van der Waals surface area contributed by atoms with Gasteiger partial charge >= 0.3 is 5.97 Å². The van der Waals surface area contributed by atoms with E-state index in [4.69, 9.17) is 15.4 Å². The predicted octanol–water partition coefficient (Wildman–Crippen LogP) is -1.03. The molecule has 2 heterocycles. The third-order valence-corrected chi connectivity index (χ3v) is 2.20. The number of aromatic nitrogens is 5. The van der Waals surface area contributed by atoms with Gasteiger partial charge in [-0.3, -0.25) is 4.79 Å². The van der Waals surface area contributed by atoms with Gasteiger partial charge < -0.3 is 15.4 Å². The van der Waals surface area contributed by atoms with Gasteiger partial charge in [-0.1, -0.05) is 10.4 Å². The van der Waals surface area contributed by atoms with Crippen molar-refractivity contribution in [3.05, 3.63) is 23.6 Å². The Bertz CT molecular complexity index is 548. The second-order valence-electron chi connectivity index (χ2n) is 3.79. The van der Waals surface area contributed by atoms with E-state index in [0.29, 0.717) is 17.4 Å². The van der Waals surface area contributed by atoms with Gasteiger partial charge in [-0.25, -0.2) is 4.68 Å². The van der Waals surface area contributed by atoms with Crippen LogP contribution in [0.4, 0.5) is 0 Å². The first-order chi connectivity index (χ1) is 8.54. The molecular weight excluding hydrogens is 240 g/mol. The van der Waals surface area contributed by atoms with E-state index < -0.39 is 12.0 Å². The molecule has 0 fully saturated rings. The molecule has 18 heavy (non-hydrogen) atoms. The number of carboxylic acid groups (broad SMARTS) is 1. The van der Waals surface area contributed by atoms with Crippen LogP contribution in [-0.2, 0) is 17.8 Å². The number of aliphatic carboxylic acids is 1. The third-order valence-electron chi connectivity index (χ3n) is 2.20. The molecule has 1 unspecified atom stereocenters. The lowest BCUT2D eigenvalue weighted by Crippen LogP contribution is -2.32. The molecule has 1 atom stereocenters. The van der Waals surface area contributed by atoms with Crippen LogP contribution in [0.25, 0.3) is 0 Å². The van der Waals surface area contributed by atoms with Crippen molar-refractivity contribution in [3.8, 4) is 0 Å². The molecule has 0 aliphatic heterocycles. The lowest BCUT2D eigenvalue weighted by molar-refractivity contribution is -0.138. The first kappa shape index (κ1) is 12.2. The molecule has 3 N–H and O–H groups in total. The maximum absolute atomic E-state index is 10.6. The Kier molecular flexibility index (Phi) is 3.33. The molecule has 0 spiro atoms. The lowest BCUT2D eigenvalue weighted by atomic mass is 10.2. The zero-order chi connectivity index (χ0) is 13.1. The van der Waals surface area contributed by atoms with Gasteiger partial charge in [0, 0.05) is 12.6 Å². The van der Waals surface area contributed by atoms with Crippen LogP contribution in [0.5, 0.6) is 0 Å². The Hall–Kier alpha value is -2.29. The second kappa shape index (κ2) is 4.92. The molecule has 2 aromatic heterocycles. The minimum absolute atomic E-state index is 0.123. The fourth-order valence-electron chi connectivity index (χ4n) is 1.36. The Morgan fingerprint density at radius 3 is 3.06 bits per heavy atom. The van der Waals surface area contributed by atoms with Gasteiger partial charge in [0.25, 0.3) is 0 Å². The Labute approximate surface area is 102 Å². The van der Waals surface area contributed by atoms with Crippen molar-refractivity contribution in [2.45, 2.75) is 25.9 Å². The molecule has 0 bridgehead atoms. The van der Waals surface area contributed by atoms with Crippen molar-refractivity contribution in [1.29, 1.82) is 0 Å². The number of carbonyl (C=O) groups is 1. The Balaban J connectivity index is 2.00. The predicted molar refractivity (Wildman–Crippen MR) is 57.5 cm³/mol. The number of hydrogen-bond acceptors (Lipinski definition) is 7. The molecule has 0 amide bonds. The summed E-state index contributed by atoms with van der Waals surface area (Å²) in [5.41, 5.74) is 5.90. The molecule has 96 valence electrons. The first-order valence-electron chi connectivity index (χ1n) is 5.21. The number of nitrogens with zero attached hydrogens (tertiary/aromatic N) is 5. The van der Waals surface area contributed by atoms with Crippen LogP contribution in [0.15, 0.2) is 10.7 Å². The quantitative estimate of drug-likeness (QED) is 0.690. The van der Waals surface area contributed by atoms with Gasteiger partial charge in [0.1, 0.15) is 12.6 Å². The molecule has 9 heteroatoms. The summed E-state index contributed by atoms with van der Waals surface area (Å²) in [5, 5.41) is 20.0. The molecule has 2 aromatic rings. The van der Waals surface area contributed by atoms with Crippen LogP contribution in [0.3, 0.4) is 0 Å². The van der Waals surface area contributed by atoms with Crippen molar-refractivity contribution in [2.24, 2.45) is 5.73 Å². The molecule has 0 saturated heterocycles. The van der Waals surface area contributed by atoms with E-state index in [1.54, 1.807) is 13.1 Å². The van der Waals surface area contributed by atoms with Gasteiger partial charge in [-0.05, 0) is 6.92 Å². The number of hydrogen-bond donors (Lipinski definition) is 2. The van der Waals surface area contributed by atoms with Crippen LogP contribution in [0.1, 0.15) is 17.4 Å². The average molecular weight is 252 g/mol. The fraction of sp³-hybridized carbons (Fsp3) is 0.444. The van der Waals surface area contributed by atoms with Gasteiger partial charge in [-0.15, -0.1) is 5.10 Å². The number of aryl methyl sites for hydroxylation is 1. The topological polar surface area (TPSA) is 133 Å². The summed E-state index contributed by atoms with van der Waals surface area (Å²) < 4.78 is 6.41. The highest BCUT2D eigenvalue weighted by molar-refractivity contribution is 5.73.